The zero-order valence-electron chi connectivity index (χ0n) is 15.1. The lowest BCUT2D eigenvalue weighted by Crippen LogP contribution is -2.38. The average Bonchev–Trinajstić information content (AvgIpc) is 3.28. The summed E-state index contributed by atoms with van der Waals surface area (Å²) in [6, 6.07) is 8.30. The molecular weight excluding hydrogens is 348 g/mol. The van der Waals surface area contributed by atoms with Crippen molar-refractivity contribution in [3.63, 3.8) is 0 Å². The van der Waals surface area contributed by atoms with E-state index < -0.39 is 0 Å². The molecule has 0 radical (unpaired) electrons. The standard InChI is InChI=1S/C18H26N6OS/c1-23(18(25)20-9-8-16-21-22-17(19)26-16)12-14-6-2-3-7-15(14)13-24-10-4-5-11-24/h2-3,6-7H,4-5,8-13H2,1H3,(H2,19,22)(H,20,25). The molecule has 1 saturated heterocycles. The quantitative estimate of drug-likeness (QED) is 0.775. The van der Waals surface area contributed by atoms with Gasteiger partial charge in [-0.2, -0.15) is 0 Å². The number of nitrogen functional groups attached to an aromatic ring is 1. The first-order valence-electron chi connectivity index (χ1n) is 8.98. The van der Waals surface area contributed by atoms with Crippen LogP contribution in [0.15, 0.2) is 24.3 Å². The number of rotatable bonds is 7. The molecule has 0 aliphatic carbocycles. The second-order valence-corrected chi connectivity index (χ2v) is 7.72. The number of nitrogens with one attached hydrogen (secondary N) is 1. The Morgan fingerprint density at radius 2 is 2.00 bits per heavy atom. The third kappa shape index (κ3) is 5.15. The average molecular weight is 375 g/mol. The number of benzene rings is 1. The monoisotopic (exact) mass is 374 g/mol. The normalized spacial score (nSPS) is 14.5. The van der Waals surface area contributed by atoms with E-state index in [1.54, 1.807) is 4.90 Å². The minimum Gasteiger partial charge on any atom is -0.374 e. The maximum absolute atomic E-state index is 12.3. The van der Waals surface area contributed by atoms with Crippen LogP contribution in [0.5, 0.6) is 0 Å². The van der Waals surface area contributed by atoms with Crippen molar-refractivity contribution in [2.75, 3.05) is 32.4 Å². The zero-order chi connectivity index (χ0) is 18.4. The van der Waals surface area contributed by atoms with Gasteiger partial charge in [0.05, 0.1) is 0 Å². The number of hydrogen-bond acceptors (Lipinski definition) is 6. The van der Waals surface area contributed by atoms with Gasteiger partial charge in [0.15, 0.2) is 0 Å². The van der Waals surface area contributed by atoms with Gasteiger partial charge in [0.2, 0.25) is 5.13 Å². The third-order valence-corrected chi connectivity index (χ3v) is 5.37. The topological polar surface area (TPSA) is 87.4 Å². The van der Waals surface area contributed by atoms with Crippen LogP contribution < -0.4 is 11.1 Å². The van der Waals surface area contributed by atoms with Gasteiger partial charge in [-0.1, -0.05) is 35.6 Å². The van der Waals surface area contributed by atoms with Crippen LogP contribution in [0.3, 0.4) is 0 Å². The summed E-state index contributed by atoms with van der Waals surface area (Å²) >= 11 is 1.35. The van der Waals surface area contributed by atoms with E-state index in [9.17, 15) is 4.79 Å². The minimum atomic E-state index is -0.0848. The van der Waals surface area contributed by atoms with Crippen LogP contribution in [0.4, 0.5) is 9.93 Å². The second-order valence-electron chi connectivity index (χ2n) is 6.62. The number of hydrogen-bond donors (Lipinski definition) is 2. The molecule has 7 nitrogen and oxygen atoms in total. The lowest BCUT2D eigenvalue weighted by atomic mass is 10.1. The summed E-state index contributed by atoms with van der Waals surface area (Å²) in [5, 5.41) is 12.0. The van der Waals surface area contributed by atoms with Gasteiger partial charge < -0.3 is 16.0 Å². The van der Waals surface area contributed by atoms with Crippen LogP contribution in [0.2, 0.25) is 0 Å². The van der Waals surface area contributed by atoms with Crippen molar-refractivity contribution in [2.45, 2.75) is 32.4 Å². The van der Waals surface area contributed by atoms with Crippen molar-refractivity contribution in [1.82, 2.24) is 25.3 Å². The molecule has 1 fully saturated rings. The van der Waals surface area contributed by atoms with E-state index in [0.29, 0.717) is 24.6 Å². The van der Waals surface area contributed by atoms with Gasteiger partial charge in [-0.3, -0.25) is 4.90 Å². The van der Waals surface area contributed by atoms with Gasteiger partial charge in [-0.25, -0.2) is 4.79 Å². The van der Waals surface area contributed by atoms with Crippen molar-refractivity contribution < 1.29 is 4.79 Å². The van der Waals surface area contributed by atoms with Gasteiger partial charge in [0.25, 0.3) is 0 Å². The Morgan fingerprint density at radius 3 is 2.69 bits per heavy atom. The van der Waals surface area contributed by atoms with Crippen LogP contribution in [-0.4, -0.2) is 52.7 Å². The number of anilines is 1. The summed E-state index contributed by atoms with van der Waals surface area (Å²) in [4.78, 5) is 16.5. The molecular formula is C18H26N6OS. The van der Waals surface area contributed by atoms with Gasteiger partial charge in [-0.15, -0.1) is 10.2 Å². The van der Waals surface area contributed by atoms with Crippen molar-refractivity contribution in [2.24, 2.45) is 0 Å². The fourth-order valence-corrected chi connectivity index (χ4v) is 3.76. The van der Waals surface area contributed by atoms with Crippen LogP contribution >= 0.6 is 11.3 Å². The first-order chi connectivity index (χ1) is 12.6. The number of nitrogens with zero attached hydrogens (tertiary/aromatic N) is 4. The Kier molecular flexibility index (Phi) is 6.40. The highest BCUT2D eigenvalue weighted by atomic mass is 32.1. The Labute approximate surface area is 158 Å². The smallest absolute Gasteiger partial charge is 0.317 e. The summed E-state index contributed by atoms with van der Waals surface area (Å²) < 4.78 is 0. The van der Waals surface area contributed by atoms with Crippen LogP contribution in [-0.2, 0) is 19.5 Å². The molecule has 3 rings (SSSR count). The number of urea groups is 1. The molecule has 0 unspecified atom stereocenters. The van der Waals surface area contributed by atoms with E-state index in [0.717, 1.165) is 11.6 Å². The molecule has 0 bridgehead atoms. The molecule has 1 aromatic carbocycles. The minimum absolute atomic E-state index is 0.0848. The molecule has 2 amide bonds. The Bertz CT molecular complexity index is 728. The summed E-state index contributed by atoms with van der Waals surface area (Å²) in [7, 11) is 1.82. The molecule has 140 valence electrons. The zero-order valence-corrected chi connectivity index (χ0v) is 16.0. The van der Waals surface area contributed by atoms with Crippen molar-refractivity contribution in [3.8, 4) is 0 Å². The Balaban J connectivity index is 1.50. The first kappa shape index (κ1) is 18.6. The molecule has 0 atom stereocenters. The van der Waals surface area contributed by atoms with Crippen LogP contribution in [0.1, 0.15) is 29.0 Å². The molecule has 8 heteroatoms. The predicted octanol–water partition coefficient (Wildman–Crippen LogP) is 2.10. The summed E-state index contributed by atoms with van der Waals surface area (Å²) in [6.07, 6.45) is 3.20. The number of likely N-dealkylation sites (tertiary alicyclic amines) is 1. The number of nitrogens with two attached hydrogens (primary N) is 1. The molecule has 0 saturated carbocycles. The van der Waals surface area contributed by atoms with Crippen molar-refractivity contribution >= 4 is 22.5 Å². The highest BCUT2D eigenvalue weighted by Crippen LogP contribution is 2.17. The van der Waals surface area contributed by atoms with E-state index >= 15 is 0 Å². The number of aromatic nitrogens is 2. The molecule has 26 heavy (non-hydrogen) atoms. The van der Waals surface area contributed by atoms with Crippen molar-refractivity contribution in [3.05, 3.63) is 40.4 Å². The second kappa shape index (κ2) is 8.95. The lowest BCUT2D eigenvalue weighted by Gasteiger charge is -2.22. The maximum atomic E-state index is 12.3. The van der Waals surface area contributed by atoms with E-state index in [1.807, 2.05) is 13.1 Å². The van der Waals surface area contributed by atoms with Crippen LogP contribution in [0, 0.1) is 0 Å². The summed E-state index contributed by atoms with van der Waals surface area (Å²) in [6.45, 7) is 4.42. The first-order valence-corrected chi connectivity index (χ1v) is 9.79. The Morgan fingerprint density at radius 1 is 1.27 bits per heavy atom. The largest absolute Gasteiger partial charge is 0.374 e. The lowest BCUT2D eigenvalue weighted by molar-refractivity contribution is 0.206. The highest BCUT2D eigenvalue weighted by molar-refractivity contribution is 7.15. The van der Waals surface area contributed by atoms with Gasteiger partial charge in [-0.05, 0) is 37.1 Å². The fraction of sp³-hybridized carbons (Fsp3) is 0.500. The molecule has 1 aromatic heterocycles. The highest BCUT2D eigenvalue weighted by Gasteiger charge is 2.15. The summed E-state index contributed by atoms with van der Waals surface area (Å²) in [5.41, 5.74) is 8.07. The van der Waals surface area contributed by atoms with Gasteiger partial charge in [0, 0.05) is 33.1 Å². The van der Waals surface area contributed by atoms with Gasteiger partial charge in [0.1, 0.15) is 5.01 Å². The van der Waals surface area contributed by atoms with E-state index in [1.165, 1.54) is 48.4 Å². The molecule has 2 heterocycles. The van der Waals surface area contributed by atoms with E-state index in [-0.39, 0.29) is 6.03 Å². The maximum Gasteiger partial charge on any atom is 0.317 e. The number of carbonyl (C=O) groups is 1. The molecule has 1 aliphatic rings. The number of carbonyl (C=O) groups excluding carboxylic acids is 1. The van der Waals surface area contributed by atoms with Gasteiger partial charge >= 0.3 is 6.03 Å². The third-order valence-electron chi connectivity index (χ3n) is 4.56. The summed E-state index contributed by atoms with van der Waals surface area (Å²) in [5.74, 6) is 0. The SMILES string of the molecule is CN(Cc1ccccc1CN1CCCC1)C(=O)NCCc1nnc(N)s1. The molecule has 0 spiro atoms. The predicted molar refractivity (Wildman–Crippen MR) is 104 cm³/mol. The van der Waals surface area contributed by atoms with Crippen molar-refractivity contribution in [1.29, 1.82) is 0 Å². The fourth-order valence-electron chi connectivity index (χ4n) is 3.15. The molecule has 2 aromatic rings. The van der Waals surface area contributed by atoms with E-state index in [2.05, 4.69) is 38.6 Å². The molecule has 3 N–H and O–H groups in total. The van der Waals surface area contributed by atoms with Crippen LogP contribution in [0.25, 0.3) is 0 Å². The molecule has 1 aliphatic heterocycles. The Hall–Kier alpha value is -2.19. The number of amides is 2. The van der Waals surface area contributed by atoms with E-state index in [4.69, 9.17) is 5.73 Å².